The Kier molecular flexibility index (Phi) is 9.70. The average molecular weight is 500 g/mol. The molecule has 0 saturated carbocycles. The largest absolute Gasteiger partial charge is 0.493 e. The Morgan fingerprint density at radius 2 is 1.86 bits per heavy atom. The molecule has 0 bridgehead atoms. The first-order valence-electron chi connectivity index (χ1n) is 12.6. The lowest BCUT2D eigenvalue weighted by Crippen LogP contribution is -2.43. The third-order valence-corrected chi connectivity index (χ3v) is 6.61. The van der Waals surface area contributed by atoms with E-state index in [0.29, 0.717) is 53.5 Å². The van der Waals surface area contributed by atoms with E-state index in [9.17, 15) is 14.4 Å². The highest BCUT2D eigenvalue weighted by Gasteiger charge is 2.47. The zero-order chi connectivity index (χ0) is 26.2. The summed E-state index contributed by atoms with van der Waals surface area (Å²) in [6.45, 7) is 9.00. The number of ether oxygens (including phenoxy) is 4. The molecule has 2 aliphatic rings. The highest BCUT2D eigenvalue weighted by atomic mass is 16.6. The van der Waals surface area contributed by atoms with Crippen LogP contribution in [0.2, 0.25) is 0 Å². The first-order valence-corrected chi connectivity index (χ1v) is 12.6. The van der Waals surface area contributed by atoms with Gasteiger partial charge in [-0.05, 0) is 38.7 Å². The Bertz CT molecular complexity index is 1040. The number of Topliss-reactive ketones (excluding diaryl/α,β-unsaturated/α-hetero) is 1. The zero-order valence-corrected chi connectivity index (χ0v) is 21.8. The zero-order valence-electron chi connectivity index (χ0n) is 21.8. The molecule has 1 heterocycles. The van der Waals surface area contributed by atoms with Gasteiger partial charge in [0.05, 0.1) is 31.8 Å². The second-order valence-corrected chi connectivity index (χ2v) is 9.11. The summed E-state index contributed by atoms with van der Waals surface area (Å²) in [6.07, 6.45) is 2.31. The van der Waals surface area contributed by atoms with Gasteiger partial charge >= 0.3 is 11.9 Å². The van der Waals surface area contributed by atoms with Crippen LogP contribution in [0.1, 0.15) is 58.4 Å². The second-order valence-electron chi connectivity index (χ2n) is 9.11. The number of hydrogen-bond donors (Lipinski definition) is 1. The lowest BCUT2D eigenvalue weighted by atomic mass is 9.69. The van der Waals surface area contributed by atoms with Gasteiger partial charge in [0.2, 0.25) is 0 Å². The number of nitrogens with one attached hydrogen (secondary N) is 1. The van der Waals surface area contributed by atoms with Crippen LogP contribution in [0.5, 0.6) is 5.75 Å². The Morgan fingerprint density at radius 1 is 1.11 bits per heavy atom. The van der Waals surface area contributed by atoms with Crippen LogP contribution in [-0.4, -0.2) is 51.3 Å². The first kappa shape index (κ1) is 27.5. The van der Waals surface area contributed by atoms with E-state index in [-0.39, 0.29) is 24.9 Å². The number of methoxy groups -OCH3 is 1. The Morgan fingerprint density at radius 3 is 2.56 bits per heavy atom. The monoisotopic (exact) mass is 499 g/mol. The molecule has 0 radical (unpaired) electrons. The van der Waals surface area contributed by atoms with Crippen LogP contribution in [0, 0.1) is 11.8 Å². The van der Waals surface area contributed by atoms with Crippen LogP contribution in [0.3, 0.4) is 0 Å². The predicted molar refractivity (Wildman–Crippen MR) is 134 cm³/mol. The molecule has 8 nitrogen and oxygen atoms in total. The predicted octanol–water partition coefficient (Wildman–Crippen LogP) is 4.06. The molecule has 1 aromatic rings. The van der Waals surface area contributed by atoms with E-state index in [2.05, 4.69) is 12.2 Å². The van der Waals surface area contributed by atoms with Gasteiger partial charge < -0.3 is 24.3 Å². The maximum absolute atomic E-state index is 13.9. The molecule has 1 aliphatic heterocycles. The fraction of sp³-hybridized carbons (Fsp3) is 0.536. The van der Waals surface area contributed by atoms with Gasteiger partial charge in [-0.15, -0.1) is 0 Å². The number of hydrogen-bond acceptors (Lipinski definition) is 8. The fourth-order valence-electron chi connectivity index (χ4n) is 4.85. The van der Waals surface area contributed by atoms with Gasteiger partial charge in [0.25, 0.3) is 0 Å². The van der Waals surface area contributed by atoms with E-state index < -0.39 is 23.8 Å². The lowest BCUT2D eigenvalue weighted by Gasteiger charge is -2.38. The van der Waals surface area contributed by atoms with E-state index in [4.69, 9.17) is 18.9 Å². The number of allylic oxidation sites excluding steroid dienone is 3. The minimum absolute atomic E-state index is 0.0898. The van der Waals surface area contributed by atoms with Gasteiger partial charge in [-0.3, -0.25) is 9.59 Å². The van der Waals surface area contributed by atoms with Gasteiger partial charge in [-0.25, -0.2) is 4.79 Å². The second kappa shape index (κ2) is 12.7. The van der Waals surface area contributed by atoms with Crippen LogP contribution in [0.25, 0.3) is 0 Å². The van der Waals surface area contributed by atoms with Gasteiger partial charge in [-0.2, -0.15) is 0 Å². The minimum atomic E-state index is -0.945. The number of carbonyl (C=O) groups excluding carboxylic acids is 3. The van der Waals surface area contributed by atoms with E-state index >= 15 is 0 Å². The standard InChI is InChI=1S/C28H37NO7/c1-6-8-13-35-21-12-10-9-11-19(21)24-23(28(32)36-15-14-34-7-2)18(4)29-20-16-17(3)22(27(31)33-5)26(30)25(20)24/h9-12,17,22,24,29H,6-8,13-16H2,1-5H3/t17-,22+,24+/m1/s1. The van der Waals surface area contributed by atoms with Crippen LogP contribution in [0.15, 0.2) is 46.8 Å². The normalized spacial score (nSPS) is 21.6. The summed E-state index contributed by atoms with van der Waals surface area (Å²) in [5.74, 6) is -2.80. The number of rotatable bonds is 11. The SMILES string of the molecule is CCCCOc1ccccc1[C@H]1C(C(=O)OCCOCC)=C(C)NC2=C1C(=O)[C@@H](C(=O)OC)[C@H](C)C2. The molecule has 0 fully saturated rings. The number of esters is 2. The number of dihydropyridines is 1. The van der Waals surface area contributed by atoms with Crippen molar-refractivity contribution in [1.82, 2.24) is 5.32 Å². The summed E-state index contributed by atoms with van der Waals surface area (Å²) in [5.41, 5.74) is 2.72. The van der Waals surface area contributed by atoms with E-state index in [0.717, 1.165) is 12.8 Å². The fourth-order valence-corrected chi connectivity index (χ4v) is 4.85. The van der Waals surface area contributed by atoms with Crippen LogP contribution in [0.4, 0.5) is 0 Å². The van der Waals surface area contributed by atoms with Gasteiger partial charge in [0.1, 0.15) is 18.3 Å². The van der Waals surface area contributed by atoms with Crippen molar-refractivity contribution in [2.75, 3.05) is 33.5 Å². The van der Waals surface area contributed by atoms with Crippen molar-refractivity contribution in [2.45, 2.75) is 52.9 Å². The van der Waals surface area contributed by atoms with Crippen LogP contribution >= 0.6 is 0 Å². The maximum atomic E-state index is 13.9. The molecule has 1 aromatic carbocycles. The molecule has 8 heteroatoms. The number of para-hydroxylation sites is 1. The van der Waals surface area contributed by atoms with Crippen molar-refractivity contribution in [3.8, 4) is 5.75 Å². The molecule has 0 saturated heterocycles. The van der Waals surface area contributed by atoms with E-state index in [1.165, 1.54) is 7.11 Å². The number of benzene rings is 1. The van der Waals surface area contributed by atoms with Gasteiger partial charge in [-0.1, -0.05) is 38.5 Å². The molecule has 1 N–H and O–H groups in total. The molecule has 1 aliphatic carbocycles. The van der Waals surface area contributed by atoms with Crippen molar-refractivity contribution in [2.24, 2.45) is 11.8 Å². The molecule has 0 unspecified atom stereocenters. The molecule has 0 aromatic heterocycles. The van der Waals surface area contributed by atoms with Gasteiger partial charge in [0, 0.05) is 29.1 Å². The Labute approximate surface area is 213 Å². The van der Waals surface area contributed by atoms with Crippen molar-refractivity contribution in [3.05, 3.63) is 52.4 Å². The quantitative estimate of drug-likeness (QED) is 0.276. The third-order valence-electron chi connectivity index (χ3n) is 6.61. The van der Waals surface area contributed by atoms with E-state index in [1.807, 2.05) is 38.1 Å². The van der Waals surface area contributed by atoms with Gasteiger partial charge in [0.15, 0.2) is 5.78 Å². The van der Waals surface area contributed by atoms with Crippen molar-refractivity contribution in [1.29, 1.82) is 0 Å². The minimum Gasteiger partial charge on any atom is -0.493 e. The number of carbonyl (C=O) groups is 3. The highest BCUT2D eigenvalue weighted by molar-refractivity contribution is 6.12. The smallest absolute Gasteiger partial charge is 0.336 e. The first-order chi connectivity index (χ1) is 17.3. The molecule has 3 rings (SSSR count). The summed E-state index contributed by atoms with van der Waals surface area (Å²) >= 11 is 0. The third kappa shape index (κ3) is 5.81. The van der Waals surface area contributed by atoms with Crippen molar-refractivity contribution < 1.29 is 33.3 Å². The molecular weight excluding hydrogens is 462 g/mol. The molecular formula is C28H37NO7. The summed E-state index contributed by atoms with van der Waals surface area (Å²) in [4.78, 5) is 39.9. The maximum Gasteiger partial charge on any atom is 0.336 e. The summed E-state index contributed by atoms with van der Waals surface area (Å²) in [7, 11) is 1.28. The summed E-state index contributed by atoms with van der Waals surface area (Å²) in [5, 5.41) is 3.27. The molecule has 3 atom stereocenters. The van der Waals surface area contributed by atoms with Crippen molar-refractivity contribution in [3.63, 3.8) is 0 Å². The molecule has 0 amide bonds. The van der Waals surface area contributed by atoms with Crippen molar-refractivity contribution >= 4 is 17.7 Å². The summed E-state index contributed by atoms with van der Waals surface area (Å²) < 4.78 is 21.9. The number of ketones is 1. The van der Waals surface area contributed by atoms with Crippen LogP contribution in [-0.2, 0) is 28.6 Å². The van der Waals surface area contributed by atoms with E-state index in [1.54, 1.807) is 6.92 Å². The Balaban J connectivity index is 2.11. The summed E-state index contributed by atoms with van der Waals surface area (Å²) in [6, 6.07) is 7.42. The average Bonchev–Trinajstić information content (AvgIpc) is 2.86. The lowest BCUT2D eigenvalue weighted by molar-refractivity contribution is -0.151. The molecule has 36 heavy (non-hydrogen) atoms. The molecule has 196 valence electrons. The topological polar surface area (TPSA) is 100 Å². The van der Waals surface area contributed by atoms with Crippen LogP contribution < -0.4 is 10.1 Å². The number of unbranched alkanes of at least 4 members (excludes halogenated alkanes) is 1. The Hall–Kier alpha value is -3.13. The highest BCUT2D eigenvalue weighted by Crippen LogP contribution is 2.47. The molecule has 0 spiro atoms.